The topological polar surface area (TPSA) is 66.3 Å². The van der Waals surface area contributed by atoms with Crippen molar-refractivity contribution < 1.29 is 9.90 Å². The summed E-state index contributed by atoms with van der Waals surface area (Å²) in [6.07, 6.45) is 6.07. The van der Waals surface area contributed by atoms with E-state index in [0.29, 0.717) is 6.54 Å². The average molecular weight is 269 g/mol. The highest BCUT2D eigenvalue weighted by Gasteiger charge is 2.08. The summed E-state index contributed by atoms with van der Waals surface area (Å²) in [5, 5.41) is 8.71. The molecule has 102 valence electrons. The molecule has 2 aromatic rings. The summed E-state index contributed by atoms with van der Waals surface area (Å²) in [6.45, 7) is 0.603. The number of carbonyl (C=O) groups is 1. The quantitative estimate of drug-likeness (QED) is 0.843. The van der Waals surface area contributed by atoms with Crippen LogP contribution in [0.15, 0.2) is 48.8 Å². The van der Waals surface area contributed by atoms with Gasteiger partial charge in [0.15, 0.2) is 0 Å². The Morgan fingerprint density at radius 2 is 2.05 bits per heavy atom. The molecule has 2 rings (SSSR count). The van der Waals surface area contributed by atoms with Crippen LogP contribution in [0.2, 0.25) is 0 Å². The van der Waals surface area contributed by atoms with Crippen LogP contribution < -0.4 is 4.90 Å². The molecule has 0 saturated heterocycles. The minimum Gasteiger partial charge on any atom is -0.478 e. The average Bonchev–Trinajstić information content (AvgIpc) is 2.46. The predicted octanol–water partition coefficient (Wildman–Crippen LogP) is 2.21. The first-order valence-electron chi connectivity index (χ1n) is 6.14. The fourth-order valence-corrected chi connectivity index (χ4v) is 1.83. The van der Waals surface area contributed by atoms with Gasteiger partial charge in [-0.15, -0.1) is 0 Å². The lowest BCUT2D eigenvalue weighted by atomic mass is 10.2. The van der Waals surface area contributed by atoms with Gasteiger partial charge in [-0.1, -0.05) is 6.07 Å². The number of aromatic nitrogens is 2. The molecule has 0 atom stereocenters. The zero-order valence-electron chi connectivity index (χ0n) is 11.1. The van der Waals surface area contributed by atoms with Crippen LogP contribution in [-0.4, -0.2) is 28.1 Å². The van der Waals surface area contributed by atoms with Crippen molar-refractivity contribution in [2.45, 2.75) is 6.54 Å². The fourth-order valence-electron chi connectivity index (χ4n) is 1.83. The highest BCUT2D eigenvalue weighted by molar-refractivity contribution is 5.86. The monoisotopic (exact) mass is 269 g/mol. The van der Waals surface area contributed by atoms with Crippen LogP contribution in [0.3, 0.4) is 0 Å². The maximum atomic E-state index is 10.6. The lowest BCUT2D eigenvalue weighted by molar-refractivity contribution is -0.131. The first-order chi connectivity index (χ1) is 9.66. The molecule has 5 nitrogen and oxygen atoms in total. The Bertz CT molecular complexity index is 612. The van der Waals surface area contributed by atoms with Gasteiger partial charge in [-0.2, -0.15) is 0 Å². The molecule has 0 fully saturated rings. The zero-order chi connectivity index (χ0) is 14.4. The molecule has 0 aliphatic heterocycles. The Kier molecular flexibility index (Phi) is 4.44. The molecule has 0 saturated carbocycles. The van der Waals surface area contributed by atoms with Gasteiger partial charge in [-0.25, -0.2) is 9.78 Å². The van der Waals surface area contributed by atoms with E-state index in [4.69, 9.17) is 5.11 Å². The number of carboxylic acids is 1. The maximum Gasteiger partial charge on any atom is 0.328 e. The predicted molar refractivity (Wildman–Crippen MR) is 77.3 cm³/mol. The smallest absolute Gasteiger partial charge is 0.328 e. The lowest BCUT2D eigenvalue weighted by Crippen LogP contribution is -2.19. The number of pyridine rings is 2. The molecule has 2 heterocycles. The summed E-state index contributed by atoms with van der Waals surface area (Å²) in [5.74, 6) is -0.261. The van der Waals surface area contributed by atoms with Crippen LogP contribution in [0, 0.1) is 0 Å². The summed E-state index contributed by atoms with van der Waals surface area (Å²) in [6, 6.07) is 9.34. The Morgan fingerprint density at radius 3 is 2.75 bits per heavy atom. The number of hydrogen-bond acceptors (Lipinski definition) is 4. The van der Waals surface area contributed by atoms with Crippen molar-refractivity contribution in [2.75, 3.05) is 11.9 Å². The SMILES string of the molecule is CN(Cc1ccccn1)c1ncccc1/C=C/C(=O)O. The van der Waals surface area contributed by atoms with Gasteiger partial charge < -0.3 is 10.0 Å². The van der Waals surface area contributed by atoms with Crippen LogP contribution in [0.25, 0.3) is 6.08 Å². The van der Waals surface area contributed by atoms with E-state index >= 15 is 0 Å². The summed E-state index contributed by atoms with van der Waals surface area (Å²) in [7, 11) is 1.90. The van der Waals surface area contributed by atoms with Crippen LogP contribution >= 0.6 is 0 Å². The van der Waals surface area contributed by atoms with Gasteiger partial charge in [-0.3, -0.25) is 4.98 Å². The molecule has 0 aromatic carbocycles. The molecular weight excluding hydrogens is 254 g/mol. The van der Waals surface area contributed by atoms with Crippen LogP contribution in [0.1, 0.15) is 11.3 Å². The second kappa shape index (κ2) is 6.47. The van der Waals surface area contributed by atoms with E-state index in [1.165, 1.54) is 0 Å². The van der Waals surface area contributed by atoms with Crippen molar-refractivity contribution >= 4 is 17.9 Å². The number of hydrogen-bond donors (Lipinski definition) is 1. The summed E-state index contributed by atoms with van der Waals surface area (Å²) >= 11 is 0. The van der Waals surface area contributed by atoms with Crippen molar-refractivity contribution in [3.63, 3.8) is 0 Å². The summed E-state index contributed by atoms with van der Waals surface area (Å²) in [4.78, 5) is 21.1. The van der Waals surface area contributed by atoms with E-state index in [0.717, 1.165) is 23.2 Å². The Hall–Kier alpha value is -2.69. The van der Waals surface area contributed by atoms with Crippen LogP contribution in [0.5, 0.6) is 0 Å². The van der Waals surface area contributed by atoms with Crippen LogP contribution in [-0.2, 0) is 11.3 Å². The van der Waals surface area contributed by atoms with E-state index in [1.807, 2.05) is 36.2 Å². The highest BCUT2D eigenvalue weighted by atomic mass is 16.4. The minimum absolute atomic E-state index is 0.603. The standard InChI is InChI=1S/C15H15N3O2/c1-18(11-13-6-2-3-9-16-13)15-12(5-4-10-17-15)7-8-14(19)20/h2-10H,11H2,1H3,(H,19,20)/b8-7+. The first kappa shape index (κ1) is 13.7. The fraction of sp³-hybridized carbons (Fsp3) is 0.133. The van der Waals surface area contributed by atoms with E-state index in [2.05, 4.69) is 9.97 Å². The van der Waals surface area contributed by atoms with Gasteiger partial charge >= 0.3 is 5.97 Å². The minimum atomic E-state index is -0.979. The van der Waals surface area contributed by atoms with Gasteiger partial charge in [0, 0.05) is 31.1 Å². The van der Waals surface area contributed by atoms with Gasteiger partial charge in [-0.05, 0) is 30.3 Å². The van der Waals surface area contributed by atoms with Gasteiger partial charge in [0.05, 0.1) is 12.2 Å². The Balaban J connectivity index is 2.21. The molecule has 0 spiro atoms. The van der Waals surface area contributed by atoms with Crippen molar-refractivity contribution in [3.05, 3.63) is 60.1 Å². The molecule has 0 aliphatic carbocycles. The number of nitrogens with zero attached hydrogens (tertiary/aromatic N) is 3. The molecule has 5 heteroatoms. The van der Waals surface area contributed by atoms with Crippen molar-refractivity contribution in [1.29, 1.82) is 0 Å². The second-order valence-corrected chi connectivity index (χ2v) is 4.26. The number of anilines is 1. The molecule has 2 aromatic heterocycles. The van der Waals surface area contributed by atoms with E-state index in [9.17, 15) is 4.79 Å². The molecular formula is C15H15N3O2. The van der Waals surface area contributed by atoms with Crippen molar-refractivity contribution in [2.24, 2.45) is 0 Å². The second-order valence-electron chi connectivity index (χ2n) is 4.26. The number of carboxylic acid groups (broad SMARTS) is 1. The van der Waals surface area contributed by atoms with E-state index < -0.39 is 5.97 Å². The van der Waals surface area contributed by atoms with Crippen LogP contribution in [0.4, 0.5) is 5.82 Å². The van der Waals surface area contributed by atoms with Gasteiger partial charge in [0.1, 0.15) is 5.82 Å². The van der Waals surface area contributed by atoms with E-state index in [-0.39, 0.29) is 0 Å². The molecule has 20 heavy (non-hydrogen) atoms. The van der Waals surface area contributed by atoms with E-state index in [1.54, 1.807) is 24.5 Å². The zero-order valence-corrected chi connectivity index (χ0v) is 11.1. The van der Waals surface area contributed by atoms with Crippen molar-refractivity contribution in [1.82, 2.24) is 9.97 Å². The first-order valence-corrected chi connectivity index (χ1v) is 6.14. The third kappa shape index (κ3) is 3.65. The lowest BCUT2D eigenvalue weighted by Gasteiger charge is -2.19. The largest absolute Gasteiger partial charge is 0.478 e. The normalized spacial score (nSPS) is 10.7. The third-order valence-electron chi connectivity index (χ3n) is 2.71. The highest BCUT2D eigenvalue weighted by Crippen LogP contribution is 2.18. The summed E-state index contributed by atoms with van der Waals surface area (Å²) < 4.78 is 0. The molecule has 1 N–H and O–H groups in total. The summed E-state index contributed by atoms with van der Waals surface area (Å²) in [5.41, 5.74) is 1.68. The number of aliphatic carboxylic acids is 1. The molecule has 0 amide bonds. The molecule has 0 bridgehead atoms. The molecule has 0 radical (unpaired) electrons. The Morgan fingerprint density at radius 1 is 1.25 bits per heavy atom. The van der Waals surface area contributed by atoms with Gasteiger partial charge in [0.2, 0.25) is 0 Å². The molecule has 0 aliphatic rings. The number of rotatable bonds is 5. The molecule has 0 unspecified atom stereocenters. The third-order valence-corrected chi connectivity index (χ3v) is 2.71. The Labute approximate surface area is 117 Å². The maximum absolute atomic E-state index is 10.6. The van der Waals surface area contributed by atoms with Crippen molar-refractivity contribution in [3.8, 4) is 0 Å². The van der Waals surface area contributed by atoms with Gasteiger partial charge in [0.25, 0.3) is 0 Å².